The van der Waals surface area contributed by atoms with Crippen LogP contribution in [0.4, 0.5) is 0 Å². The van der Waals surface area contributed by atoms with Gasteiger partial charge in [0.2, 0.25) is 0 Å². The SMILES string of the molecule is CCNC(c1csc(Br)c1)c1cc2cc(Cl)ccc2o1. The Balaban J connectivity index is 2.04. The number of halogens is 2. The zero-order valence-electron chi connectivity index (χ0n) is 10.8. The molecule has 5 heteroatoms. The minimum atomic E-state index is 0.0636. The molecule has 1 N–H and O–H groups in total. The van der Waals surface area contributed by atoms with Crippen LogP contribution >= 0.6 is 38.9 Å². The Bertz CT molecular complexity index is 736. The number of nitrogens with one attached hydrogen (secondary N) is 1. The molecule has 20 heavy (non-hydrogen) atoms. The van der Waals surface area contributed by atoms with Gasteiger partial charge in [-0.15, -0.1) is 11.3 Å². The number of fused-ring (bicyclic) bond motifs is 1. The van der Waals surface area contributed by atoms with Crippen LogP contribution in [-0.2, 0) is 0 Å². The average Bonchev–Trinajstić information content (AvgIpc) is 3.01. The van der Waals surface area contributed by atoms with Crippen molar-refractivity contribution < 1.29 is 4.42 Å². The van der Waals surface area contributed by atoms with Gasteiger partial charge in [-0.05, 0) is 63.8 Å². The van der Waals surface area contributed by atoms with Gasteiger partial charge in [0.05, 0.1) is 9.83 Å². The molecular formula is C15H13BrClNOS. The highest BCUT2D eigenvalue weighted by atomic mass is 79.9. The maximum absolute atomic E-state index is 6.03. The highest BCUT2D eigenvalue weighted by molar-refractivity contribution is 9.11. The lowest BCUT2D eigenvalue weighted by Crippen LogP contribution is -2.20. The Labute approximate surface area is 134 Å². The predicted octanol–water partition coefficient (Wildman–Crippen LogP) is 5.61. The van der Waals surface area contributed by atoms with Crippen LogP contribution < -0.4 is 5.32 Å². The van der Waals surface area contributed by atoms with E-state index in [1.165, 1.54) is 5.56 Å². The maximum atomic E-state index is 6.03. The summed E-state index contributed by atoms with van der Waals surface area (Å²) >= 11 is 11.2. The fraction of sp³-hybridized carbons (Fsp3) is 0.200. The number of furan rings is 1. The fourth-order valence-corrected chi connectivity index (χ4v) is 3.62. The van der Waals surface area contributed by atoms with Gasteiger partial charge >= 0.3 is 0 Å². The van der Waals surface area contributed by atoms with E-state index in [1.807, 2.05) is 18.2 Å². The van der Waals surface area contributed by atoms with Crippen LogP contribution in [0.5, 0.6) is 0 Å². The van der Waals surface area contributed by atoms with E-state index in [2.05, 4.69) is 45.7 Å². The van der Waals surface area contributed by atoms with Crippen LogP contribution in [0.25, 0.3) is 11.0 Å². The van der Waals surface area contributed by atoms with Crippen molar-refractivity contribution in [3.63, 3.8) is 0 Å². The monoisotopic (exact) mass is 369 g/mol. The van der Waals surface area contributed by atoms with Gasteiger partial charge < -0.3 is 9.73 Å². The van der Waals surface area contributed by atoms with Gasteiger partial charge in [-0.2, -0.15) is 0 Å². The second-order valence-electron chi connectivity index (χ2n) is 4.51. The molecule has 0 saturated heterocycles. The molecule has 0 aliphatic heterocycles. The molecule has 1 aromatic carbocycles. The van der Waals surface area contributed by atoms with Crippen LogP contribution in [0, 0.1) is 0 Å². The van der Waals surface area contributed by atoms with E-state index in [9.17, 15) is 0 Å². The molecule has 0 bridgehead atoms. The van der Waals surface area contributed by atoms with Gasteiger partial charge in [-0.3, -0.25) is 0 Å². The summed E-state index contributed by atoms with van der Waals surface area (Å²) in [6, 6.07) is 9.93. The van der Waals surface area contributed by atoms with Crippen molar-refractivity contribution in [3.8, 4) is 0 Å². The van der Waals surface area contributed by atoms with Crippen molar-refractivity contribution in [2.75, 3.05) is 6.54 Å². The Hall–Kier alpha value is -0.810. The van der Waals surface area contributed by atoms with Crippen LogP contribution in [0.3, 0.4) is 0 Å². The van der Waals surface area contributed by atoms with Gasteiger partial charge in [-0.1, -0.05) is 18.5 Å². The fourth-order valence-electron chi connectivity index (χ4n) is 2.24. The predicted molar refractivity (Wildman–Crippen MR) is 88.8 cm³/mol. The van der Waals surface area contributed by atoms with E-state index >= 15 is 0 Å². The molecule has 1 atom stereocenters. The summed E-state index contributed by atoms with van der Waals surface area (Å²) in [4.78, 5) is 0. The van der Waals surface area contributed by atoms with E-state index in [4.69, 9.17) is 16.0 Å². The third-order valence-electron chi connectivity index (χ3n) is 3.11. The van der Waals surface area contributed by atoms with Crippen LogP contribution in [0.15, 0.2) is 43.9 Å². The van der Waals surface area contributed by atoms with Crippen LogP contribution in [0.1, 0.15) is 24.3 Å². The van der Waals surface area contributed by atoms with E-state index in [1.54, 1.807) is 11.3 Å². The van der Waals surface area contributed by atoms with Crippen LogP contribution in [-0.4, -0.2) is 6.54 Å². The highest BCUT2D eigenvalue weighted by Gasteiger charge is 2.19. The molecule has 0 fully saturated rings. The van der Waals surface area contributed by atoms with Crippen molar-refractivity contribution in [2.45, 2.75) is 13.0 Å². The first-order valence-electron chi connectivity index (χ1n) is 6.33. The van der Waals surface area contributed by atoms with Crippen molar-refractivity contribution in [1.82, 2.24) is 5.32 Å². The number of thiophene rings is 1. The van der Waals surface area contributed by atoms with E-state index < -0.39 is 0 Å². The summed E-state index contributed by atoms with van der Waals surface area (Å²) in [5.74, 6) is 0.911. The minimum Gasteiger partial charge on any atom is -0.459 e. The van der Waals surface area contributed by atoms with Crippen molar-refractivity contribution in [1.29, 1.82) is 0 Å². The van der Waals surface area contributed by atoms with E-state index in [-0.39, 0.29) is 6.04 Å². The van der Waals surface area contributed by atoms with E-state index in [0.29, 0.717) is 0 Å². The van der Waals surface area contributed by atoms with Crippen LogP contribution in [0.2, 0.25) is 5.02 Å². The lowest BCUT2D eigenvalue weighted by molar-refractivity contribution is 0.478. The van der Waals surface area contributed by atoms with Crippen molar-refractivity contribution in [2.24, 2.45) is 0 Å². The quantitative estimate of drug-likeness (QED) is 0.646. The molecule has 0 aliphatic carbocycles. The molecule has 0 radical (unpaired) electrons. The molecule has 0 saturated carbocycles. The molecule has 2 aromatic heterocycles. The maximum Gasteiger partial charge on any atom is 0.134 e. The second-order valence-corrected chi connectivity index (χ2v) is 7.23. The van der Waals surface area contributed by atoms with Gasteiger partial charge in [0.1, 0.15) is 11.3 Å². The third kappa shape index (κ3) is 2.79. The molecular weight excluding hydrogens is 358 g/mol. The molecule has 2 nitrogen and oxygen atoms in total. The van der Waals surface area contributed by atoms with Crippen molar-refractivity contribution in [3.05, 3.63) is 55.8 Å². The standard InChI is InChI=1S/C15H13BrClNOS/c1-2-18-15(10-7-14(16)20-8-10)13-6-9-5-11(17)3-4-12(9)19-13/h3-8,15,18H,2H2,1H3. The minimum absolute atomic E-state index is 0.0636. The largest absolute Gasteiger partial charge is 0.459 e. The summed E-state index contributed by atoms with van der Waals surface area (Å²) in [7, 11) is 0. The molecule has 1 unspecified atom stereocenters. The lowest BCUT2D eigenvalue weighted by Gasteiger charge is -2.13. The zero-order chi connectivity index (χ0) is 14.1. The first-order valence-corrected chi connectivity index (χ1v) is 8.38. The number of hydrogen-bond acceptors (Lipinski definition) is 3. The zero-order valence-corrected chi connectivity index (χ0v) is 14.0. The number of benzene rings is 1. The summed E-state index contributed by atoms with van der Waals surface area (Å²) in [5.41, 5.74) is 2.07. The summed E-state index contributed by atoms with van der Waals surface area (Å²) in [6.07, 6.45) is 0. The Kier molecular flexibility index (Phi) is 4.17. The first-order chi connectivity index (χ1) is 9.67. The molecule has 0 aliphatic rings. The topological polar surface area (TPSA) is 25.2 Å². The normalized spacial score (nSPS) is 12.9. The van der Waals surface area contributed by atoms with Gasteiger partial charge in [0.25, 0.3) is 0 Å². The summed E-state index contributed by atoms with van der Waals surface area (Å²) < 4.78 is 7.09. The van der Waals surface area contributed by atoms with E-state index in [0.717, 1.165) is 32.1 Å². The highest BCUT2D eigenvalue weighted by Crippen LogP contribution is 2.33. The molecule has 3 rings (SSSR count). The van der Waals surface area contributed by atoms with Gasteiger partial charge in [0, 0.05) is 10.4 Å². The summed E-state index contributed by atoms with van der Waals surface area (Å²) in [6.45, 7) is 2.96. The first kappa shape index (κ1) is 14.1. The lowest BCUT2D eigenvalue weighted by atomic mass is 10.1. The molecule has 0 amide bonds. The number of hydrogen-bond donors (Lipinski definition) is 1. The molecule has 3 aromatic rings. The third-order valence-corrected chi connectivity index (χ3v) is 4.87. The molecule has 2 heterocycles. The smallest absolute Gasteiger partial charge is 0.134 e. The average molecular weight is 371 g/mol. The van der Waals surface area contributed by atoms with Gasteiger partial charge in [-0.25, -0.2) is 0 Å². The Morgan fingerprint density at radius 3 is 2.90 bits per heavy atom. The Morgan fingerprint density at radius 2 is 2.20 bits per heavy atom. The Morgan fingerprint density at radius 1 is 1.35 bits per heavy atom. The van der Waals surface area contributed by atoms with Gasteiger partial charge in [0.15, 0.2) is 0 Å². The summed E-state index contributed by atoms with van der Waals surface area (Å²) in [5, 5.41) is 7.36. The molecule has 104 valence electrons. The van der Waals surface area contributed by atoms with Crippen molar-refractivity contribution >= 4 is 49.8 Å². The second kappa shape index (κ2) is 5.90. The molecule has 0 spiro atoms. The number of rotatable bonds is 4.